The molecule has 0 amide bonds. The first-order valence-corrected chi connectivity index (χ1v) is 7.09. The smallest absolute Gasteiger partial charge is 0.134 e. The van der Waals surface area contributed by atoms with E-state index in [1.54, 1.807) is 0 Å². The highest BCUT2D eigenvalue weighted by molar-refractivity contribution is 6.03. The largest absolute Gasteiger partial charge is 0.395 e. The molecule has 3 rings (SSSR count). The highest BCUT2D eigenvalue weighted by Crippen LogP contribution is 2.33. The van der Waals surface area contributed by atoms with Crippen molar-refractivity contribution in [3.63, 3.8) is 0 Å². The van der Waals surface area contributed by atoms with Crippen LogP contribution in [0, 0.1) is 6.92 Å². The van der Waals surface area contributed by atoms with Crippen LogP contribution in [0.2, 0.25) is 0 Å². The van der Waals surface area contributed by atoms with Gasteiger partial charge in [-0.25, -0.2) is 4.98 Å². The Balaban J connectivity index is 2.23. The maximum atomic E-state index is 9.01. The topological polar surface area (TPSA) is 45.2 Å². The Hall–Kier alpha value is -2.39. The molecule has 0 aliphatic carbocycles. The first kappa shape index (κ1) is 13.6. The normalized spacial score (nSPS) is 10.8. The Morgan fingerprint density at radius 3 is 2.62 bits per heavy atom. The number of fused-ring (bicyclic) bond motifs is 1. The Labute approximate surface area is 124 Å². The molecule has 21 heavy (non-hydrogen) atoms. The minimum atomic E-state index is 0.0927. The predicted molar refractivity (Wildman–Crippen MR) is 87.5 cm³/mol. The molecule has 0 unspecified atom stereocenters. The van der Waals surface area contributed by atoms with Crippen LogP contribution in [0.4, 0.5) is 5.82 Å². The molecule has 1 aromatic heterocycles. The Morgan fingerprint density at radius 2 is 1.86 bits per heavy atom. The lowest BCUT2D eigenvalue weighted by Crippen LogP contribution is -2.08. The van der Waals surface area contributed by atoms with Crippen molar-refractivity contribution in [3.8, 4) is 11.1 Å². The number of anilines is 1. The van der Waals surface area contributed by atoms with Crippen molar-refractivity contribution >= 4 is 16.6 Å². The maximum absolute atomic E-state index is 9.01. The number of hydrogen-bond acceptors (Lipinski definition) is 3. The molecule has 0 atom stereocenters. The highest BCUT2D eigenvalue weighted by Gasteiger charge is 2.10. The van der Waals surface area contributed by atoms with Gasteiger partial charge in [0, 0.05) is 23.7 Å². The third-order valence-corrected chi connectivity index (χ3v) is 3.61. The third-order valence-electron chi connectivity index (χ3n) is 3.61. The number of aromatic nitrogens is 1. The maximum Gasteiger partial charge on any atom is 0.134 e. The number of aliphatic hydroxyl groups is 1. The van der Waals surface area contributed by atoms with E-state index in [4.69, 9.17) is 5.11 Å². The van der Waals surface area contributed by atoms with E-state index in [1.807, 2.05) is 24.4 Å². The van der Waals surface area contributed by atoms with E-state index in [0.29, 0.717) is 6.54 Å². The van der Waals surface area contributed by atoms with Crippen molar-refractivity contribution in [1.29, 1.82) is 0 Å². The first-order chi connectivity index (χ1) is 10.3. The fraction of sp³-hybridized carbons (Fsp3) is 0.167. The molecule has 2 aromatic carbocycles. The second kappa shape index (κ2) is 5.94. The van der Waals surface area contributed by atoms with Crippen LogP contribution in [0.25, 0.3) is 21.9 Å². The van der Waals surface area contributed by atoms with E-state index in [9.17, 15) is 0 Å². The number of pyridine rings is 1. The second-order valence-electron chi connectivity index (χ2n) is 5.03. The second-order valence-corrected chi connectivity index (χ2v) is 5.03. The molecule has 3 aromatic rings. The summed E-state index contributed by atoms with van der Waals surface area (Å²) in [6, 6.07) is 16.6. The zero-order chi connectivity index (χ0) is 14.7. The van der Waals surface area contributed by atoms with Gasteiger partial charge in [0.25, 0.3) is 0 Å². The fourth-order valence-electron chi connectivity index (χ4n) is 2.63. The van der Waals surface area contributed by atoms with E-state index in [1.165, 1.54) is 10.9 Å². The molecule has 0 saturated heterocycles. The number of hydrogen-bond donors (Lipinski definition) is 2. The molecular weight excluding hydrogens is 260 g/mol. The number of aryl methyl sites for hydroxylation is 1. The number of nitrogens with one attached hydrogen (secondary N) is 1. The van der Waals surface area contributed by atoms with E-state index >= 15 is 0 Å². The van der Waals surface area contributed by atoms with Gasteiger partial charge >= 0.3 is 0 Å². The van der Waals surface area contributed by atoms with Crippen LogP contribution in [-0.2, 0) is 0 Å². The molecule has 0 aliphatic heterocycles. The van der Waals surface area contributed by atoms with Crippen LogP contribution in [0.15, 0.2) is 54.7 Å². The fourth-order valence-corrected chi connectivity index (χ4v) is 2.63. The number of nitrogens with zero attached hydrogens (tertiary/aromatic N) is 1. The average Bonchev–Trinajstić information content (AvgIpc) is 2.53. The number of aliphatic hydroxyl groups excluding tert-OH is 1. The zero-order valence-corrected chi connectivity index (χ0v) is 12.0. The van der Waals surface area contributed by atoms with Gasteiger partial charge in [-0.1, -0.05) is 48.5 Å². The van der Waals surface area contributed by atoms with Crippen LogP contribution >= 0.6 is 0 Å². The molecule has 0 fully saturated rings. The van der Waals surface area contributed by atoms with Crippen LogP contribution in [-0.4, -0.2) is 23.2 Å². The minimum Gasteiger partial charge on any atom is -0.395 e. The average molecular weight is 278 g/mol. The van der Waals surface area contributed by atoms with E-state index < -0.39 is 0 Å². The summed E-state index contributed by atoms with van der Waals surface area (Å²) in [6.45, 7) is 2.68. The Kier molecular flexibility index (Phi) is 3.84. The van der Waals surface area contributed by atoms with E-state index in [0.717, 1.165) is 22.3 Å². The van der Waals surface area contributed by atoms with E-state index in [2.05, 4.69) is 47.6 Å². The summed E-state index contributed by atoms with van der Waals surface area (Å²) in [6.07, 6.45) is 1.90. The summed E-state index contributed by atoms with van der Waals surface area (Å²) < 4.78 is 0. The van der Waals surface area contributed by atoms with Gasteiger partial charge in [-0.2, -0.15) is 0 Å². The van der Waals surface area contributed by atoms with Gasteiger partial charge < -0.3 is 10.4 Å². The lowest BCUT2D eigenvalue weighted by atomic mass is 9.98. The third kappa shape index (κ3) is 2.60. The van der Waals surface area contributed by atoms with Crippen LogP contribution in [0.1, 0.15) is 5.56 Å². The lowest BCUT2D eigenvalue weighted by molar-refractivity contribution is 0.311. The number of rotatable bonds is 4. The van der Waals surface area contributed by atoms with Gasteiger partial charge in [-0.3, -0.25) is 0 Å². The SMILES string of the molecule is Cc1cccc2c(-c3ccccc3)cnc(NCCO)c12. The summed E-state index contributed by atoms with van der Waals surface area (Å²) in [4.78, 5) is 4.56. The van der Waals surface area contributed by atoms with Crippen LogP contribution in [0.3, 0.4) is 0 Å². The minimum absolute atomic E-state index is 0.0927. The molecule has 0 aliphatic rings. The summed E-state index contributed by atoms with van der Waals surface area (Å²) in [7, 11) is 0. The van der Waals surface area contributed by atoms with Gasteiger partial charge in [0.1, 0.15) is 5.82 Å². The van der Waals surface area contributed by atoms with Crippen molar-refractivity contribution in [1.82, 2.24) is 4.98 Å². The molecule has 0 radical (unpaired) electrons. The van der Waals surface area contributed by atoms with Gasteiger partial charge in [0.05, 0.1) is 6.61 Å². The molecule has 2 N–H and O–H groups in total. The summed E-state index contributed by atoms with van der Waals surface area (Å²) >= 11 is 0. The first-order valence-electron chi connectivity index (χ1n) is 7.09. The molecule has 3 heteroatoms. The monoisotopic (exact) mass is 278 g/mol. The van der Waals surface area contributed by atoms with Crippen molar-refractivity contribution in [2.45, 2.75) is 6.92 Å². The van der Waals surface area contributed by atoms with Crippen molar-refractivity contribution < 1.29 is 5.11 Å². The van der Waals surface area contributed by atoms with Crippen LogP contribution in [0.5, 0.6) is 0 Å². The summed E-state index contributed by atoms with van der Waals surface area (Å²) in [5.74, 6) is 0.830. The molecular formula is C18H18N2O. The molecule has 3 nitrogen and oxygen atoms in total. The van der Waals surface area contributed by atoms with Crippen LogP contribution < -0.4 is 5.32 Å². The van der Waals surface area contributed by atoms with Gasteiger partial charge in [-0.05, 0) is 23.4 Å². The molecule has 0 saturated carbocycles. The molecule has 106 valence electrons. The van der Waals surface area contributed by atoms with Gasteiger partial charge in [0.2, 0.25) is 0 Å². The van der Waals surface area contributed by atoms with Crippen molar-refractivity contribution in [2.24, 2.45) is 0 Å². The zero-order valence-electron chi connectivity index (χ0n) is 12.0. The predicted octanol–water partition coefficient (Wildman–Crippen LogP) is 3.61. The summed E-state index contributed by atoms with van der Waals surface area (Å²) in [5, 5.41) is 14.5. The van der Waals surface area contributed by atoms with Gasteiger partial charge in [0.15, 0.2) is 0 Å². The van der Waals surface area contributed by atoms with E-state index in [-0.39, 0.29) is 6.61 Å². The molecule has 1 heterocycles. The molecule has 0 bridgehead atoms. The summed E-state index contributed by atoms with van der Waals surface area (Å²) in [5.41, 5.74) is 3.47. The van der Waals surface area contributed by atoms with Gasteiger partial charge in [-0.15, -0.1) is 0 Å². The Morgan fingerprint density at radius 1 is 1.05 bits per heavy atom. The lowest BCUT2D eigenvalue weighted by Gasteiger charge is -2.13. The quantitative estimate of drug-likeness (QED) is 0.766. The van der Waals surface area contributed by atoms with Crippen molar-refractivity contribution in [3.05, 3.63) is 60.3 Å². The van der Waals surface area contributed by atoms with Crippen molar-refractivity contribution in [2.75, 3.05) is 18.5 Å². The standard InChI is InChI=1S/C18H18N2O/c1-13-6-5-9-15-16(14-7-3-2-4-8-14)12-20-18(17(13)15)19-10-11-21/h2-9,12,21H,10-11H2,1H3,(H,19,20). The molecule has 0 spiro atoms. The number of benzene rings is 2. The highest BCUT2D eigenvalue weighted by atomic mass is 16.3. The Bertz CT molecular complexity index is 754.